The molecule has 2 aromatic carbocycles. The average molecular weight is 361 g/mol. The molecule has 0 aliphatic carbocycles. The van der Waals surface area contributed by atoms with Gasteiger partial charge in [0.25, 0.3) is 0 Å². The van der Waals surface area contributed by atoms with Crippen molar-refractivity contribution in [2.45, 2.75) is 31.8 Å². The average Bonchev–Trinajstić information content (AvgIpc) is 3.17. The molecule has 2 aliphatic heterocycles. The van der Waals surface area contributed by atoms with Gasteiger partial charge in [-0.3, -0.25) is 4.79 Å². The van der Waals surface area contributed by atoms with Crippen molar-refractivity contribution >= 4 is 11.6 Å². The van der Waals surface area contributed by atoms with Crippen LogP contribution in [-0.4, -0.2) is 35.1 Å². The lowest BCUT2D eigenvalue weighted by molar-refractivity contribution is -0.132. The first-order valence-electron chi connectivity index (χ1n) is 9.47. The molecular weight excluding hydrogens is 338 g/mol. The van der Waals surface area contributed by atoms with E-state index >= 15 is 0 Å². The molecule has 1 fully saturated rings. The Kier molecular flexibility index (Phi) is 4.59. The van der Waals surface area contributed by atoms with E-state index < -0.39 is 0 Å². The molecule has 1 amide bonds. The topological polar surface area (TPSA) is 76.4 Å². The molecule has 0 radical (unpaired) electrons. The maximum absolute atomic E-state index is 12.5. The van der Waals surface area contributed by atoms with Gasteiger partial charge in [-0.1, -0.05) is 25.1 Å². The zero-order valence-electron chi connectivity index (χ0n) is 15.4. The van der Waals surface area contributed by atoms with E-state index in [1.165, 1.54) is 0 Å². The molecule has 2 heterocycles. The van der Waals surface area contributed by atoms with Crippen LogP contribution in [0.5, 0.6) is 0 Å². The van der Waals surface area contributed by atoms with E-state index in [1.54, 1.807) is 6.07 Å². The van der Waals surface area contributed by atoms with Gasteiger partial charge in [-0.15, -0.1) is 0 Å². The van der Waals surface area contributed by atoms with Crippen molar-refractivity contribution < 1.29 is 9.90 Å². The number of hydrogen-bond acceptors (Lipinski definition) is 4. The number of nitriles is 1. The highest BCUT2D eigenvalue weighted by atomic mass is 16.3. The summed E-state index contributed by atoms with van der Waals surface area (Å²) in [5.74, 6) is 0.364. The van der Waals surface area contributed by atoms with Crippen LogP contribution in [0.1, 0.15) is 36.9 Å². The van der Waals surface area contributed by atoms with Gasteiger partial charge in [0, 0.05) is 24.6 Å². The number of carbonyl (C=O) groups excluding carboxylic acids is 1. The standard InChI is InChI=1S/C22H23N3O2/c1-2-21(27)25-9-8-17-20(13-26)24-19-7-6-16(11-18(19)22(17)25)15-5-3-4-14(10-15)12-23/h3-7,10-11,17,20,22,24,26H,2,8-9,13H2,1H3/t17-,20-,22-/m0/s1. The Labute approximate surface area is 159 Å². The summed E-state index contributed by atoms with van der Waals surface area (Å²) < 4.78 is 0. The number of aliphatic hydroxyl groups is 1. The van der Waals surface area contributed by atoms with Gasteiger partial charge in [0.05, 0.1) is 30.3 Å². The molecule has 5 heteroatoms. The summed E-state index contributed by atoms with van der Waals surface area (Å²) in [6.07, 6.45) is 1.38. The van der Waals surface area contributed by atoms with Crippen molar-refractivity contribution in [1.29, 1.82) is 5.26 Å². The van der Waals surface area contributed by atoms with E-state index in [-0.39, 0.29) is 30.5 Å². The van der Waals surface area contributed by atoms with Gasteiger partial charge in [0.2, 0.25) is 5.91 Å². The Morgan fingerprint density at radius 2 is 2.11 bits per heavy atom. The number of fused-ring (bicyclic) bond motifs is 3. The Bertz CT molecular complexity index is 918. The first-order valence-corrected chi connectivity index (χ1v) is 9.47. The molecular formula is C22H23N3O2. The van der Waals surface area contributed by atoms with E-state index in [2.05, 4.69) is 17.5 Å². The van der Waals surface area contributed by atoms with Gasteiger partial charge in [-0.2, -0.15) is 5.26 Å². The van der Waals surface area contributed by atoms with Crippen LogP contribution in [0, 0.1) is 17.2 Å². The zero-order valence-corrected chi connectivity index (χ0v) is 15.4. The second-order valence-electron chi connectivity index (χ2n) is 7.27. The minimum absolute atomic E-state index is 0.00931. The number of anilines is 1. The fourth-order valence-corrected chi connectivity index (χ4v) is 4.49. The molecule has 1 saturated heterocycles. The molecule has 0 aromatic heterocycles. The Morgan fingerprint density at radius 1 is 1.30 bits per heavy atom. The SMILES string of the molecule is CCC(=O)N1CC[C@H]2[C@H](CO)Nc3ccc(-c4cccc(C#N)c4)cc3[C@H]21. The smallest absolute Gasteiger partial charge is 0.222 e. The molecule has 2 aromatic rings. The predicted octanol–water partition coefficient (Wildman–Crippen LogP) is 3.31. The summed E-state index contributed by atoms with van der Waals surface area (Å²) in [4.78, 5) is 14.5. The van der Waals surface area contributed by atoms with Crippen LogP contribution in [0.2, 0.25) is 0 Å². The van der Waals surface area contributed by atoms with Crippen LogP contribution in [0.3, 0.4) is 0 Å². The molecule has 0 unspecified atom stereocenters. The highest BCUT2D eigenvalue weighted by Crippen LogP contribution is 2.47. The van der Waals surface area contributed by atoms with Crippen molar-refractivity contribution in [3.05, 3.63) is 53.6 Å². The zero-order chi connectivity index (χ0) is 19.0. The normalized spacial score (nSPS) is 23.1. The van der Waals surface area contributed by atoms with E-state index in [0.717, 1.165) is 35.3 Å². The van der Waals surface area contributed by atoms with Crippen LogP contribution in [-0.2, 0) is 4.79 Å². The number of nitrogens with zero attached hydrogens (tertiary/aromatic N) is 2. The number of aliphatic hydroxyl groups excluding tert-OH is 1. The summed E-state index contributed by atoms with van der Waals surface area (Å²) in [5.41, 5.74) is 4.73. The molecule has 0 spiro atoms. The van der Waals surface area contributed by atoms with Crippen molar-refractivity contribution in [3.8, 4) is 17.2 Å². The highest BCUT2D eigenvalue weighted by Gasteiger charge is 2.45. The highest BCUT2D eigenvalue weighted by molar-refractivity contribution is 5.78. The second-order valence-corrected chi connectivity index (χ2v) is 7.27. The molecule has 2 N–H and O–H groups in total. The number of carbonyl (C=O) groups is 1. The maximum atomic E-state index is 12.5. The summed E-state index contributed by atoms with van der Waals surface area (Å²) >= 11 is 0. The summed E-state index contributed by atoms with van der Waals surface area (Å²) in [7, 11) is 0. The minimum Gasteiger partial charge on any atom is -0.394 e. The number of likely N-dealkylation sites (tertiary alicyclic amines) is 1. The molecule has 138 valence electrons. The third-order valence-corrected chi connectivity index (χ3v) is 5.82. The second kappa shape index (κ2) is 7.05. The van der Waals surface area contributed by atoms with Crippen molar-refractivity contribution in [2.75, 3.05) is 18.5 Å². The van der Waals surface area contributed by atoms with E-state index in [9.17, 15) is 15.2 Å². The van der Waals surface area contributed by atoms with Gasteiger partial charge in [-0.05, 0) is 47.4 Å². The van der Waals surface area contributed by atoms with E-state index in [4.69, 9.17) is 0 Å². The van der Waals surface area contributed by atoms with Crippen molar-refractivity contribution in [2.24, 2.45) is 5.92 Å². The molecule has 5 nitrogen and oxygen atoms in total. The lowest BCUT2D eigenvalue weighted by Gasteiger charge is -2.39. The van der Waals surface area contributed by atoms with Gasteiger partial charge < -0.3 is 15.3 Å². The monoisotopic (exact) mass is 361 g/mol. The van der Waals surface area contributed by atoms with Gasteiger partial charge in [-0.25, -0.2) is 0 Å². The van der Waals surface area contributed by atoms with E-state index in [0.29, 0.717) is 12.0 Å². The van der Waals surface area contributed by atoms with Gasteiger partial charge in [0.1, 0.15) is 0 Å². The molecule has 0 bridgehead atoms. The third kappa shape index (κ3) is 2.96. The molecule has 27 heavy (non-hydrogen) atoms. The number of hydrogen-bond donors (Lipinski definition) is 2. The van der Waals surface area contributed by atoms with Crippen LogP contribution in [0.15, 0.2) is 42.5 Å². The molecule has 0 saturated carbocycles. The predicted molar refractivity (Wildman–Crippen MR) is 104 cm³/mol. The van der Waals surface area contributed by atoms with Crippen molar-refractivity contribution in [1.82, 2.24) is 4.90 Å². The number of benzene rings is 2. The Morgan fingerprint density at radius 3 is 2.85 bits per heavy atom. The quantitative estimate of drug-likeness (QED) is 0.879. The summed E-state index contributed by atoms with van der Waals surface area (Å²) in [6.45, 7) is 2.68. The van der Waals surface area contributed by atoms with Gasteiger partial charge >= 0.3 is 0 Å². The lowest BCUT2D eigenvalue weighted by Crippen LogP contribution is -2.42. The lowest BCUT2D eigenvalue weighted by atomic mass is 9.82. The van der Waals surface area contributed by atoms with Crippen LogP contribution in [0.4, 0.5) is 5.69 Å². The fourth-order valence-electron chi connectivity index (χ4n) is 4.49. The Balaban J connectivity index is 1.80. The first kappa shape index (κ1) is 17.6. The van der Waals surface area contributed by atoms with Crippen LogP contribution >= 0.6 is 0 Å². The fraction of sp³-hybridized carbons (Fsp3) is 0.364. The summed E-state index contributed by atoms with van der Waals surface area (Å²) in [6, 6.07) is 15.9. The van der Waals surface area contributed by atoms with Crippen LogP contribution in [0.25, 0.3) is 11.1 Å². The third-order valence-electron chi connectivity index (χ3n) is 5.82. The number of nitrogens with one attached hydrogen (secondary N) is 1. The van der Waals surface area contributed by atoms with Crippen LogP contribution < -0.4 is 5.32 Å². The maximum Gasteiger partial charge on any atom is 0.222 e. The van der Waals surface area contributed by atoms with Crippen molar-refractivity contribution in [3.63, 3.8) is 0 Å². The molecule has 4 rings (SSSR count). The Hall–Kier alpha value is -2.84. The first-order chi connectivity index (χ1) is 13.2. The van der Waals surface area contributed by atoms with Gasteiger partial charge in [0.15, 0.2) is 0 Å². The molecule has 2 aliphatic rings. The number of rotatable bonds is 3. The largest absolute Gasteiger partial charge is 0.394 e. The van der Waals surface area contributed by atoms with E-state index in [1.807, 2.05) is 42.2 Å². The summed E-state index contributed by atoms with van der Waals surface area (Å²) in [5, 5.41) is 22.5. The minimum atomic E-state index is -0.0371. The number of amides is 1. The molecule has 3 atom stereocenters.